The Bertz CT molecular complexity index is 1950. The molecule has 0 radical (unpaired) electrons. The maximum Gasteiger partial charge on any atom is 0.234 e. The Kier molecular flexibility index (Phi) is 21.3. The fourth-order valence-electron chi connectivity index (χ4n) is 4.52. The number of thioether (sulfide) groups is 2. The van der Waals surface area contributed by atoms with Crippen LogP contribution in [0.1, 0.15) is 11.1 Å². The number of hydrogen-bond donors (Lipinski definition) is 2. The molecule has 0 saturated heterocycles. The molecule has 4 aromatic rings. The normalized spacial score (nSPS) is 11.3. The van der Waals surface area contributed by atoms with Gasteiger partial charge in [-0.1, -0.05) is 0 Å². The van der Waals surface area contributed by atoms with E-state index >= 15 is 0 Å². The Morgan fingerprint density at radius 3 is 1.49 bits per heavy atom. The first kappa shape index (κ1) is 48.0. The average Bonchev–Trinajstić information content (AvgIpc) is 3.12. The fourth-order valence-corrected chi connectivity index (χ4v) is 6.86. The number of halogens is 1. The van der Waals surface area contributed by atoms with Gasteiger partial charge in [-0.15, -0.1) is 23.5 Å². The minimum atomic E-state index is -3.45. The predicted molar refractivity (Wildman–Crippen MR) is 229 cm³/mol. The lowest BCUT2D eigenvalue weighted by Gasteiger charge is -2.17. The van der Waals surface area contributed by atoms with Crippen LogP contribution in [0.2, 0.25) is 0 Å². The second-order valence-corrected chi connectivity index (χ2v) is 18.9. The molecule has 0 amide bonds. The number of nitrogens with two attached hydrogens (primary N) is 1. The zero-order chi connectivity index (χ0) is 41.0. The van der Waals surface area contributed by atoms with Crippen molar-refractivity contribution in [2.24, 2.45) is 0 Å². The lowest BCUT2D eigenvalue weighted by atomic mass is 10.1. The van der Waals surface area contributed by atoms with Crippen molar-refractivity contribution >= 4 is 64.7 Å². The highest BCUT2D eigenvalue weighted by Crippen LogP contribution is 2.31. The van der Waals surface area contributed by atoms with Crippen LogP contribution < -0.4 is 19.9 Å². The molecule has 3 N–H and O–H groups in total. The fraction of sp³-hybridized carbons (Fsp3) is 0.368. The van der Waals surface area contributed by atoms with Gasteiger partial charge in [0.1, 0.15) is 23.0 Å². The summed E-state index contributed by atoms with van der Waals surface area (Å²) in [7, 11) is 8.86. The number of sulfonamides is 1. The van der Waals surface area contributed by atoms with Crippen LogP contribution in [0.15, 0.2) is 94.7 Å². The Balaban J connectivity index is 0.000000326. The van der Waals surface area contributed by atoms with Crippen LogP contribution in [0.3, 0.4) is 0 Å². The van der Waals surface area contributed by atoms with Crippen molar-refractivity contribution in [2.75, 3.05) is 90.1 Å². The molecule has 0 saturated carbocycles. The standard InChI is InChI=1S/C19H26N2O4S2.C16H20N2OS.C3H7ClO3S/c1-21(2)14-15-13-16(20-27(22,23)12-11-24-3)5-10-19(15)25-17-6-8-18(26-4)9-7-17;1-18(2)11-12-10-13(17)4-9-16(12)19-14-5-7-15(20-3)8-6-14;1-7-2-3-8(4,5)6/h5-10,13,20H,11-12,14H2,1-4H3;4-10H,11,17H2,1-3H3;2-3H2,1H3. The molecule has 0 unspecified atom stereocenters. The maximum atomic E-state index is 12.1. The van der Waals surface area contributed by atoms with Crippen molar-refractivity contribution in [3.05, 3.63) is 96.1 Å². The first-order chi connectivity index (χ1) is 26.0. The third-order valence-electron chi connectivity index (χ3n) is 7.05. The van der Waals surface area contributed by atoms with Crippen molar-refractivity contribution < 1.29 is 35.8 Å². The van der Waals surface area contributed by atoms with Gasteiger partial charge in [0.2, 0.25) is 19.1 Å². The van der Waals surface area contributed by atoms with E-state index in [-0.39, 0.29) is 24.7 Å². The Hall–Kier alpha value is -3.19. The summed E-state index contributed by atoms with van der Waals surface area (Å²) in [5, 5.41) is 0. The van der Waals surface area contributed by atoms with Crippen LogP contribution >= 0.6 is 34.2 Å². The van der Waals surface area contributed by atoms with E-state index in [4.69, 9.17) is 30.6 Å². The second-order valence-electron chi connectivity index (χ2n) is 12.4. The van der Waals surface area contributed by atoms with Crippen LogP contribution in [-0.2, 0) is 41.6 Å². The number of ether oxygens (including phenoxy) is 4. The number of benzene rings is 4. The largest absolute Gasteiger partial charge is 0.457 e. The van der Waals surface area contributed by atoms with Gasteiger partial charge in [-0.2, -0.15) is 0 Å². The van der Waals surface area contributed by atoms with E-state index < -0.39 is 19.1 Å². The topological polar surface area (TPSA) is 150 Å². The van der Waals surface area contributed by atoms with Crippen molar-refractivity contribution in [1.29, 1.82) is 0 Å². The number of anilines is 2. The zero-order valence-electron chi connectivity index (χ0n) is 32.6. The molecule has 0 aliphatic carbocycles. The lowest BCUT2D eigenvalue weighted by molar-refractivity contribution is 0.217. The summed E-state index contributed by atoms with van der Waals surface area (Å²) in [4.78, 5) is 6.49. The highest BCUT2D eigenvalue weighted by molar-refractivity contribution is 8.13. The summed E-state index contributed by atoms with van der Waals surface area (Å²) in [5.74, 6) is 2.91. The molecular formula is C38H53ClN4O8S4. The summed E-state index contributed by atoms with van der Waals surface area (Å²) < 4.78 is 68.2. The number of nitrogen functional groups attached to an aromatic ring is 1. The summed E-state index contributed by atoms with van der Waals surface area (Å²) in [6.45, 7) is 1.72. The Morgan fingerprint density at radius 2 is 1.09 bits per heavy atom. The van der Waals surface area contributed by atoms with Crippen molar-refractivity contribution in [2.45, 2.75) is 22.9 Å². The molecule has 0 aliphatic heterocycles. The van der Waals surface area contributed by atoms with Gasteiger partial charge in [0.15, 0.2) is 0 Å². The summed E-state index contributed by atoms with van der Waals surface area (Å²) >= 11 is 3.39. The molecule has 12 nitrogen and oxygen atoms in total. The number of methoxy groups -OCH3 is 2. The smallest absolute Gasteiger partial charge is 0.234 e. The van der Waals surface area contributed by atoms with Gasteiger partial charge in [0.05, 0.1) is 24.7 Å². The average molecular weight is 858 g/mol. The van der Waals surface area contributed by atoms with E-state index in [0.717, 1.165) is 45.5 Å². The van der Waals surface area contributed by atoms with E-state index in [1.807, 2.05) is 93.9 Å². The number of rotatable bonds is 18. The van der Waals surface area contributed by atoms with Gasteiger partial charge in [-0.25, -0.2) is 16.8 Å². The second kappa shape index (κ2) is 24.4. The van der Waals surface area contributed by atoms with Crippen LogP contribution in [0.25, 0.3) is 0 Å². The lowest BCUT2D eigenvalue weighted by Crippen LogP contribution is -2.20. The molecule has 55 heavy (non-hydrogen) atoms. The highest BCUT2D eigenvalue weighted by Gasteiger charge is 2.14. The molecular weight excluding hydrogens is 804 g/mol. The monoisotopic (exact) mass is 856 g/mol. The maximum absolute atomic E-state index is 12.1. The van der Waals surface area contributed by atoms with Crippen LogP contribution in [-0.4, -0.2) is 106 Å². The van der Waals surface area contributed by atoms with Gasteiger partial charge in [-0.05, 0) is 126 Å². The van der Waals surface area contributed by atoms with Crippen LogP contribution in [0.5, 0.6) is 23.0 Å². The summed E-state index contributed by atoms with van der Waals surface area (Å²) in [6.07, 6.45) is 4.09. The minimum absolute atomic E-state index is 0.0907. The minimum Gasteiger partial charge on any atom is -0.457 e. The Labute approximate surface area is 340 Å². The van der Waals surface area contributed by atoms with Crippen molar-refractivity contribution in [3.63, 3.8) is 0 Å². The summed E-state index contributed by atoms with van der Waals surface area (Å²) in [6, 6.07) is 27.0. The molecule has 0 aliphatic rings. The molecule has 0 spiro atoms. The molecule has 17 heteroatoms. The quantitative estimate of drug-likeness (QED) is 0.0573. The summed E-state index contributed by atoms with van der Waals surface area (Å²) in [5.41, 5.74) is 9.10. The van der Waals surface area contributed by atoms with Crippen molar-refractivity contribution in [3.8, 4) is 23.0 Å². The van der Waals surface area contributed by atoms with Gasteiger partial charge in [-0.3, -0.25) is 4.72 Å². The van der Waals surface area contributed by atoms with Gasteiger partial charge < -0.3 is 34.5 Å². The third-order valence-corrected chi connectivity index (χ3v) is 10.9. The van der Waals surface area contributed by atoms with Gasteiger partial charge in [0, 0.05) is 70.3 Å². The van der Waals surface area contributed by atoms with Gasteiger partial charge in [0.25, 0.3) is 0 Å². The highest BCUT2D eigenvalue weighted by atomic mass is 35.7. The molecule has 4 aromatic carbocycles. The molecule has 0 heterocycles. The zero-order valence-corrected chi connectivity index (χ0v) is 36.6. The third kappa shape index (κ3) is 20.0. The number of nitrogens with one attached hydrogen (secondary N) is 1. The van der Waals surface area contributed by atoms with E-state index in [1.54, 1.807) is 41.7 Å². The number of hydrogen-bond acceptors (Lipinski definition) is 13. The van der Waals surface area contributed by atoms with Crippen molar-refractivity contribution in [1.82, 2.24) is 9.80 Å². The first-order valence-corrected chi connectivity index (χ1v) is 23.4. The predicted octanol–water partition coefficient (Wildman–Crippen LogP) is 7.70. The van der Waals surface area contributed by atoms with Gasteiger partial charge >= 0.3 is 0 Å². The SMILES string of the molecule is COCCS(=O)(=O)Cl.COCCS(=O)(=O)Nc1ccc(Oc2ccc(SC)cc2)c(CN(C)C)c1.CSc1ccc(Oc2ccc(N)cc2CN(C)C)cc1. The molecule has 0 fully saturated rings. The molecule has 0 atom stereocenters. The van der Waals surface area contributed by atoms with E-state index in [1.165, 1.54) is 19.1 Å². The number of nitrogens with zero attached hydrogens (tertiary/aromatic N) is 2. The molecule has 0 aromatic heterocycles. The molecule has 4 rings (SSSR count). The van der Waals surface area contributed by atoms with E-state index in [0.29, 0.717) is 18.0 Å². The van der Waals surface area contributed by atoms with Crippen LogP contribution in [0.4, 0.5) is 11.4 Å². The van der Waals surface area contributed by atoms with E-state index in [9.17, 15) is 16.8 Å². The molecule has 0 bridgehead atoms. The Morgan fingerprint density at radius 1 is 0.655 bits per heavy atom. The van der Waals surface area contributed by atoms with Crippen LogP contribution in [0, 0.1) is 0 Å². The first-order valence-electron chi connectivity index (χ1n) is 16.8. The van der Waals surface area contributed by atoms with E-state index in [2.05, 4.69) is 32.7 Å². The molecule has 304 valence electrons.